The number of hydrogen-bond donors (Lipinski definition) is 2. The zero-order valence-corrected chi connectivity index (χ0v) is 20.6. The summed E-state index contributed by atoms with van der Waals surface area (Å²) in [5.74, 6) is -7.29. The Hall–Kier alpha value is -5.19. The SMILES string of the molecule is N#CC[C@@H]([C@H]1CCN(c2c(F)nc(F)c(F)c2C#N)C1)n1cc(-c2ncnc3[nH]ccc23)cn1.O=C(O)C(F)(F)F. The first-order valence-corrected chi connectivity index (χ1v) is 11.6. The average Bonchev–Trinajstić information content (AvgIpc) is 3.69. The van der Waals surface area contributed by atoms with E-state index in [0.29, 0.717) is 17.8 Å². The summed E-state index contributed by atoms with van der Waals surface area (Å²) < 4.78 is 75.4. The first kappa shape index (κ1) is 28.8. The average molecular weight is 577 g/mol. The molecule has 0 spiro atoms. The van der Waals surface area contributed by atoms with Crippen molar-refractivity contribution in [2.45, 2.75) is 25.1 Å². The molecule has 1 aliphatic heterocycles. The molecule has 0 unspecified atom stereocenters. The number of fused-ring (bicyclic) bond motifs is 1. The van der Waals surface area contributed by atoms with E-state index in [-0.39, 0.29) is 37.2 Å². The van der Waals surface area contributed by atoms with Gasteiger partial charge in [0.15, 0.2) is 5.82 Å². The summed E-state index contributed by atoms with van der Waals surface area (Å²) in [4.78, 5) is 24.9. The number of aromatic amines is 1. The molecule has 2 N–H and O–H groups in total. The van der Waals surface area contributed by atoms with Gasteiger partial charge < -0.3 is 15.0 Å². The lowest BCUT2D eigenvalue weighted by Gasteiger charge is -2.24. The van der Waals surface area contributed by atoms with Crippen LogP contribution < -0.4 is 4.90 Å². The molecule has 0 amide bonds. The largest absolute Gasteiger partial charge is 0.490 e. The second kappa shape index (κ2) is 11.5. The highest BCUT2D eigenvalue weighted by Gasteiger charge is 2.38. The molecule has 17 heteroatoms. The number of hydrogen-bond acceptors (Lipinski definition) is 8. The van der Waals surface area contributed by atoms with Crippen LogP contribution in [-0.4, -0.2) is 60.1 Å². The van der Waals surface area contributed by atoms with Crippen molar-refractivity contribution in [1.29, 1.82) is 10.5 Å². The fourth-order valence-electron chi connectivity index (χ4n) is 4.51. The Bertz CT molecular complexity index is 1670. The molecule has 0 aliphatic carbocycles. The number of alkyl halides is 3. The van der Waals surface area contributed by atoms with Gasteiger partial charge in [-0.25, -0.2) is 19.2 Å². The van der Waals surface area contributed by atoms with Crippen molar-refractivity contribution in [3.05, 3.63) is 54.3 Å². The van der Waals surface area contributed by atoms with Crippen molar-refractivity contribution in [2.24, 2.45) is 5.92 Å². The van der Waals surface area contributed by atoms with Gasteiger partial charge in [-0.05, 0) is 12.5 Å². The second-order valence-electron chi connectivity index (χ2n) is 8.74. The Labute approximate surface area is 226 Å². The van der Waals surface area contributed by atoms with Crippen molar-refractivity contribution >= 4 is 22.7 Å². The summed E-state index contributed by atoms with van der Waals surface area (Å²) in [7, 11) is 0. The molecule has 4 aromatic heterocycles. The quantitative estimate of drug-likeness (QED) is 0.263. The van der Waals surface area contributed by atoms with Gasteiger partial charge in [0, 0.05) is 42.4 Å². The van der Waals surface area contributed by atoms with Crippen LogP contribution >= 0.6 is 0 Å². The number of nitrogens with zero attached hydrogens (tertiary/aromatic N) is 8. The van der Waals surface area contributed by atoms with Crippen LogP contribution in [0.2, 0.25) is 0 Å². The maximum atomic E-state index is 14.4. The highest BCUT2D eigenvalue weighted by Crippen LogP contribution is 2.36. The van der Waals surface area contributed by atoms with E-state index in [1.807, 2.05) is 6.07 Å². The molecule has 0 saturated carbocycles. The van der Waals surface area contributed by atoms with Gasteiger partial charge in [-0.1, -0.05) is 0 Å². The van der Waals surface area contributed by atoms with Gasteiger partial charge in [-0.15, -0.1) is 0 Å². The Kier molecular flexibility index (Phi) is 8.08. The van der Waals surface area contributed by atoms with E-state index >= 15 is 0 Å². The summed E-state index contributed by atoms with van der Waals surface area (Å²) in [5, 5.41) is 31.1. The summed E-state index contributed by atoms with van der Waals surface area (Å²) in [6.07, 6.45) is 2.23. The van der Waals surface area contributed by atoms with E-state index in [4.69, 9.17) is 9.90 Å². The summed E-state index contributed by atoms with van der Waals surface area (Å²) in [5.41, 5.74) is 1.04. The minimum Gasteiger partial charge on any atom is -0.475 e. The van der Waals surface area contributed by atoms with Gasteiger partial charge in [0.2, 0.25) is 5.95 Å². The number of nitriles is 2. The van der Waals surface area contributed by atoms with Crippen LogP contribution in [-0.2, 0) is 4.79 Å². The molecular formula is C24H17F6N9O2. The van der Waals surface area contributed by atoms with Gasteiger partial charge in [-0.3, -0.25) is 4.68 Å². The molecule has 2 atom stereocenters. The maximum absolute atomic E-state index is 14.4. The zero-order chi connectivity index (χ0) is 29.9. The monoisotopic (exact) mass is 577 g/mol. The van der Waals surface area contributed by atoms with E-state index in [1.54, 1.807) is 23.3 Å². The van der Waals surface area contributed by atoms with Crippen molar-refractivity contribution < 1.29 is 36.2 Å². The Balaban J connectivity index is 0.000000493. The van der Waals surface area contributed by atoms with Gasteiger partial charge >= 0.3 is 12.1 Å². The minimum absolute atomic E-state index is 0.132. The number of aliphatic carboxylic acids is 1. The fourth-order valence-corrected chi connectivity index (χ4v) is 4.51. The van der Waals surface area contributed by atoms with Crippen LogP contribution in [0.3, 0.4) is 0 Å². The molecule has 1 fully saturated rings. The normalized spacial score (nSPS) is 15.6. The van der Waals surface area contributed by atoms with Crippen LogP contribution in [0.4, 0.5) is 32.0 Å². The number of aromatic nitrogens is 6. The Morgan fingerprint density at radius 3 is 2.61 bits per heavy atom. The number of nitrogens with one attached hydrogen (secondary N) is 1. The Morgan fingerprint density at radius 2 is 1.95 bits per heavy atom. The van der Waals surface area contributed by atoms with Gasteiger partial charge in [0.05, 0.1) is 30.4 Å². The van der Waals surface area contributed by atoms with Crippen LogP contribution in [0.25, 0.3) is 22.3 Å². The summed E-state index contributed by atoms with van der Waals surface area (Å²) in [6, 6.07) is 5.20. The predicted molar refractivity (Wildman–Crippen MR) is 127 cm³/mol. The number of carbonyl (C=O) groups is 1. The third-order valence-corrected chi connectivity index (χ3v) is 6.34. The first-order valence-electron chi connectivity index (χ1n) is 11.6. The van der Waals surface area contributed by atoms with E-state index in [0.717, 1.165) is 10.9 Å². The fraction of sp³-hybridized carbons (Fsp3) is 0.292. The molecule has 11 nitrogen and oxygen atoms in total. The smallest absolute Gasteiger partial charge is 0.475 e. The molecule has 212 valence electrons. The van der Waals surface area contributed by atoms with Crippen molar-refractivity contribution in [1.82, 2.24) is 29.7 Å². The molecule has 0 radical (unpaired) electrons. The number of carboxylic acid groups (broad SMARTS) is 1. The summed E-state index contributed by atoms with van der Waals surface area (Å²) >= 11 is 0. The number of H-pyrrole nitrogens is 1. The van der Waals surface area contributed by atoms with Crippen LogP contribution in [0.1, 0.15) is 24.4 Å². The zero-order valence-electron chi connectivity index (χ0n) is 20.6. The van der Waals surface area contributed by atoms with Crippen LogP contribution in [0.15, 0.2) is 31.0 Å². The molecular weight excluding hydrogens is 560 g/mol. The maximum Gasteiger partial charge on any atom is 0.490 e. The molecule has 1 aliphatic rings. The lowest BCUT2D eigenvalue weighted by molar-refractivity contribution is -0.192. The molecule has 0 bridgehead atoms. The number of carboxylic acids is 1. The topological polar surface area (TPSA) is 160 Å². The minimum atomic E-state index is -5.08. The molecule has 4 aromatic rings. The summed E-state index contributed by atoms with van der Waals surface area (Å²) in [6.45, 7) is 0.504. The van der Waals surface area contributed by atoms with Gasteiger partial charge in [0.25, 0.3) is 5.95 Å². The number of halogens is 6. The predicted octanol–water partition coefficient (Wildman–Crippen LogP) is 4.12. The van der Waals surface area contributed by atoms with Crippen molar-refractivity contribution in [3.8, 4) is 23.4 Å². The highest BCUT2D eigenvalue weighted by molar-refractivity contribution is 5.90. The third kappa shape index (κ3) is 5.88. The van der Waals surface area contributed by atoms with Crippen LogP contribution in [0.5, 0.6) is 0 Å². The standard InChI is InChI=1S/C22H16F3N9.C2HF3O2/c23-17-15(7-27)19(21(25)32-20(17)24)33-6-3-12(9-33)16(1-4-26)34-10-13(8-31-34)18-14-2-5-28-22(14)30-11-29-18;3-2(4,5)1(6)7/h2,5,8,10-12,16H,1,3,6,9H2,(H,28,29,30);(H,6,7)/t12-,16-;/m0./s1. The number of rotatable bonds is 5. The first-order chi connectivity index (χ1) is 19.5. The lowest BCUT2D eigenvalue weighted by Crippen LogP contribution is -2.27. The number of pyridine rings is 1. The highest BCUT2D eigenvalue weighted by atomic mass is 19.4. The number of anilines is 1. The van der Waals surface area contributed by atoms with E-state index in [9.17, 15) is 36.9 Å². The lowest BCUT2D eigenvalue weighted by atomic mass is 9.96. The van der Waals surface area contributed by atoms with Gasteiger partial charge in [-0.2, -0.15) is 42.6 Å². The second-order valence-corrected chi connectivity index (χ2v) is 8.74. The van der Waals surface area contributed by atoms with E-state index in [2.05, 4.69) is 31.1 Å². The molecule has 5 rings (SSSR count). The Morgan fingerprint density at radius 1 is 1.22 bits per heavy atom. The molecule has 5 heterocycles. The van der Waals surface area contributed by atoms with E-state index in [1.165, 1.54) is 17.3 Å². The molecule has 41 heavy (non-hydrogen) atoms. The van der Waals surface area contributed by atoms with Crippen molar-refractivity contribution in [3.63, 3.8) is 0 Å². The third-order valence-electron chi connectivity index (χ3n) is 6.34. The van der Waals surface area contributed by atoms with Crippen LogP contribution in [0, 0.1) is 46.3 Å². The van der Waals surface area contributed by atoms with Gasteiger partial charge in [0.1, 0.15) is 29.3 Å². The molecule has 1 saturated heterocycles. The van der Waals surface area contributed by atoms with E-state index < -0.39 is 35.4 Å². The molecule has 0 aromatic carbocycles. The van der Waals surface area contributed by atoms with Crippen molar-refractivity contribution in [2.75, 3.05) is 18.0 Å².